The Balaban J connectivity index is 2.15. The van der Waals surface area contributed by atoms with Crippen molar-refractivity contribution in [2.75, 3.05) is 13.7 Å². The summed E-state index contributed by atoms with van der Waals surface area (Å²) in [6.07, 6.45) is 0.601. The third-order valence-corrected chi connectivity index (χ3v) is 3.87. The van der Waals surface area contributed by atoms with E-state index in [1.54, 1.807) is 0 Å². The fraction of sp³-hybridized carbons (Fsp3) is 0.294. The van der Waals surface area contributed by atoms with Gasteiger partial charge in [0.05, 0.1) is 6.61 Å². The molecule has 0 aliphatic heterocycles. The normalized spacial score (nSPS) is 12.2. The van der Waals surface area contributed by atoms with Crippen LogP contribution in [0.4, 0.5) is 4.39 Å². The molecule has 1 unspecified atom stereocenters. The second kappa shape index (κ2) is 7.57. The van der Waals surface area contributed by atoms with Gasteiger partial charge in [0, 0.05) is 10.5 Å². The molecular weight excluding hydrogens is 333 g/mol. The van der Waals surface area contributed by atoms with Crippen LogP contribution in [-0.4, -0.2) is 13.7 Å². The zero-order chi connectivity index (χ0) is 15.2. The molecule has 0 bridgehead atoms. The predicted octanol–water partition coefficient (Wildman–Crippen LogP) is 4.49. The van der Waals surface area contributed by atoms with Gasteiger partial charge in [-0.25, -0.2) is 4.39 Å². The molecule has 0 amide bonds. The van der Waals surface area contributed by atoms with Gasteiger partial charge in [-0.3, -0.25) is 0 Å². The van der Waals surface area contributed by atoms with Gasteiger partial charge >= 0.3 is 0 Å². The molecular formula is C17H19BrFNO. The molecule has 0 radical (unpaired) electrons. The van der Waals surface area contributed by atoms with Crippen LogP contribution in [0.2, 0.25) is 0 Å². The SMILES string of the molecule is CCOc1ccc(C(Cc2ccc(Br)cc2F)NC)cc1. The lowest BCUT2D eigenvalue weighted by atomic mass is 9.98. The highest BCUT2D eigenvalue weighted by Gasteiger charge is 2.13. The molecule has 2 rings (SSSR count). The van der Waals surface area contributed by atoms with E-state index in [9.17, 15) is 4.39 Å². The Morgan fingerprint density at radius 3 is 2.48 bits per heavy atom. The van der Waals surface area contributed by atoms with Gasteiger partial charge in [-0.15, -0.1) is 0 Å². The molecule has 2 aromatic rings. The third kappa shape index (κ3) is 4.29. The van der Waals surface area contributed by atoms with E-state index in [0.29, 0.717) is 18.6 Å². The number of hydrogen-bond acceptors (Lipinski definition) is 2. The Morgan fingerprint density at radius 1 is 1.19 bits per heavy atom. The quantitative estimate of drug-likeness (QED) is 0.827. The highest BCUT2D eigenvalue weighted by Crippen LogP contribution is 2.24. The molecule has 0 aliphatic rings. The zero-order valence-corrected chi connectivity index (χ0v) is 13.8. The summed E-state index contributed by atoms with van der Waals surface area (Å²) >= 11 is 3.28. The van der Waals surface area contributed by atoms with Crippen molar-refractivity contribution < 1.29 is 9.13 Å². The van der Waals surface area contributed by atoms with E-state index in [1.807, 2.05) is 50.4 Å². The van der Waals surface area contributed by atoms with Crippen LogP contribution >= 0.6 is 15.9 Å². The van der Waals surface area contributed by atoms with E-state index in [2.05, 4.69) is 21.2 Å². The molecule has 1 atom stereocenters. The highest BCUT2D eigenvalue weighted by atomic mass is 79.9. The topological polar surface area (TPSA) is 21.3 Å². The van der Waals surface area contributed by atoms with Crippen LogP contribution in [0.3, 0.4) is 0 Å². The van der Waals surface area contributed by atoms with Crippen molar-refractivity contribution in [2.45, 2.75) is 19.4 Å². The van der Waals surface area contributed by atoms with Gasteiger partial charge in [-0.2, -0.15) is 0 Å². The molecule has 21 heavy (non-hydrogen) atoms. The number of nitrogens with one attached hydrogen (secondary N) is 1. The van der Waals surface area contributed by atoms with Crippen LogP contribution < -0.4 is 10.1 Å². The number of hydrogen-bond donors (Lipinski definition) is 1. The summed E-state index contributed by atoms with van der Waals surface area (Å²) in [6, 6.07) is 13.2. The van der Waals surface area contributed by atoms with Gasteiger partial charge in [0.15, 0.2) is 0 Å². The fourth-order valence-electron chi connectivity index (χ4n) is 2.26. The van der Waals surface area contributed by atoms with Crippen molar-refractivity contribution in [3.63, 3.8) is 0 Å². The first kappa shape index (κ1) is 16.0. The molecule has 0 heterocycles. The van der Waals surface area contributed by atoms with Gasteiger partial charge in [-0.05, 0) is 55.8 Å². The van der Waals surface area contributed by atoms with E-state index in [-0.39, 0.29) is 11.9 Å². The summed E-state index contributed by atoms with van der Waals surface area (Å²) in [6.45, 7) is 2.61. The van der Waals surface area contributed by atoms with Gasteiger partial charge < -0.3 is 10.1 Å². The number of likely N-dealkylation sites (N-methyl/N-ethyl adjacent to an activating group) is 1. The van der Waals surface area contributed by atoms with Crippen molar-refractivity contribution in [3.05, 3.63) is 63.9 Å². The minimum atomic E-state index is -0.185. The first-order valence-corrected chi connectivity index (χ1v) is 7.77. The van der Waals surface area contributed by atoms with Crippen LogP contribution in [-0.2, 0) is 6.42 Å². The Hall–Kier alpha value is -1.39. The number of ether oxygens (including phenoxy) is 1. The van der Waals surface area contributed by atoms with Crippen molar-refractivity contribution in [1.29, 1.82) is 0 Å². The summed E-state index contributed by atoms with van der Waals surface area (Å²) in [4.78, 5) is 0. The second-order valence-electron chi connectivity index (χ2n) is 4.78. The lowest BCUT2D eigenvalue weighted by molar-refractivity contribution is 0.340. The molecule has 0 aromatic heterocycles. The molecule has 2 aromatic carbocycles. The van der Waals surface area contributed by atoms with E-state index >= 15 is 0 Å². The average molecular weight is 352 g/mol. The van der Waals surface area contributed by atoms with E-state index in [4.69, 9.17) is 4.74 Å². The van der Waals surface area contributed by atoms with Crippen molar-refractivity contribution in [3.8, 4) is 5.75 Å². The molecule has 112 valence electrons. The number of rotatable bonds is 6. The molecule has 2 nitrogen and oxygen atoms in total. The van der Waals surface area contributed by atoms with E-state index in [0.717, 1.165) is 15.8 Å². The minimum absolute atomic E-state index is 0.0661. The zero-order valence-electron chi connectivity index (χ0n) is 12.2. The smallest absolute Gasteiger partial charge is 0.127 e. The van der Waals surface area contributed by atoms with Crippen molar-refractivity contribution in [1.82, 2.24) is 5.32 Å². The standard InChI is InChI=1S/C17H19BrFNO/c1-3-21-15-8-5-12(6-9-15)17(20-2)10-13-4-7-14(18)11-16(13)19/h4-9,11,17,20H,3,10H2,1-2H3. The Bertz CT molecular complexity index is 586. The largest absolute Gasteiger partial charge is 0.494 e. The Kier molecular flexibility index (Phi) is 5.76. The van der Waals surface area contributed by atoms with Gasteiger partial charge in [0.25, 0.3) is 0 Å². The Labute approximate surface area is 133 Å². The predicted molar refractivity (Wildman–Crippen MR) is 87.2 cm³/mol. The monoisotopic (exact) mass is 351 g/mol. The molecule has 0 fully saturated rings. The third-order valence-electron chi connectivity index (χ3n) is 3.38. The first-order valence-electron chi connectivity index (χ1n) is 6.98. The van der Waals surface area contributed by atoms with Crippen molar-refractivity contribution >= 4 is 15.9 Å². The lowest BCUT2D eigenvalue weighted by Gasteiger charge is -2.18. The summed E-state index contributed by atoms with van der Waals surface area (Å²) in [7, 11) is 1.89. The van der Waals surface area contributed by atoms with Crippen LogP contribution in [0.1, 0.15) is 24.1 Å². The Morgan fingerprint density at radius 2 is 1.90 bits per heavy atom. The van der Waals surface area contributed by atoms with Crippen LogP contribution in [0.25, 0.3) is 0 Å². The van der Waals surface area contributed by atoms with E-state index < -0.39 is 0 Å². The summed E-state index contributed by atoms with van der Waals surface area (Å²) in [5.74, 6) is 0.668. The summed E-state index contributed by atoms with van der Waals surface area (Å²) in [5, 5.41) is 3.24. The summed E-state index contributed by atoms with van der Waals surface area (Å²) in [5.41, 5.74) is 1.81. The van der Waals surface area contributed by atoms with Crippen LogP contribution in [0.5, 0.6) is 5.75 Å². The first-order chi connectivity index (χ1) is 10.1. The van der Waals surface area contributed by atoms with Gasteiger partial charge in [-0.1, -0.05) is 34.1 Å². The number of halogens is 2. The molecule has 0 saturated carbocycles. The second-order valence-corrected chi connectivity index (χ2v) is 5.70. The summed E-state index contributed by atoms with van der Waals surface area (Å²) < 4.78 is 20.1. The van der Waals surface area contributed by atoms with Gasteiger partial charge in [0.1, 0.15) is 11.6 Å². The molecule has 0 aliphatic carbocycles. The maximum absolute atomic E-state index is 13.9. The van der Waals surface area contributed by atoms with Gasteiger partial charge in [0.2, 0.25) is 0 Å². The highest BCUT2D eigenvalue weighted by molar-refractivity contribution is 9.10. The minimum Gasteiger partial charge on any atom is -0.494 e. The molecule has 1 N–H and O–H groups in total. The van der Waals surface area contributed by atoms with Crippen LogP contribution in [0.15, 0.2) is 46.9 Å². The fourth-order valence-corrected chi connectivity index (χ4v) is 2.59. The average Bonchev–Trinajstić information content (AvgIpc) is 2.48. The van der Waals surface area contributed by atoms with Crippen molar-refractivity contribution in [2.24, 2.45) is 0 Å². The van der Waals surface area contributed by atoms with E-state index in [1.165, 1.54) is 6.07 Å². The lowest BCUT2D eigenvalue weighted by Crippen LogP contribution is -2.19. The maximum atomic E-state index is 13.9. The molecule has 0 saturated heterocycles. The molecule has 0 spiro atoms. The molecule has 4 heteroatoms. The number of benzene rings is 2. The van der Waals surface area contributed by atoms with Crippen LogP contribution in [0, 0.1) is 5.82 Å². The maximum Gasteiger partial charge on any atom is 0.127 e.